The zero-order chi connectivity index (χ0) is 24.3. The normalized spacial score (nSPS) is 18.6. The Morgan fingerprint density at radius 3 is 2.47 bits per heavy atom. The van der Waals surface area contributed by atoms with Crippen LogP contribution in [0.1, 0.15) is 60.1 Å². The summed E-state index contributed by atoms with van der Waals surface area (Å²) in [6, 6.07) is 9.50. The van der Waals surface area contributed by atoms with E-state index in [1.165, 1.54) is 17.2 Å². The number of rotatable bonds is 5. The summed E-state index contributed by atoms with van der Waals surface area (Å²) in [6.07, 6.45) is 0.815. The molecule has 2 aromatic rings. The third-order valence-electron chi connectivity index (χ3n) is 6.91. The number of benzene rings is 1. The van der Waals surface area contributed by atoms with Gasteiger partial charge < -0.3 is 15.2 Å². The van der Waals surface area contributed by atoms with Crippen LogP contribution in [-0.4, -0.2) is 54.7 Å². The minimum Gasteiger partial charge on any atom is -0.370 e. The van der Waals surface area contributed by atoms with E-state index < -0.39 is 12.7 Å². The lowest BCUT2D eigenvalue weighted by molar-refractivity contribution is -0.147. The minimum absolute atomic E-state index is 0.193. The predicted molar refractivity (Wildman–Crippen MR) is 125 cm³/mol. The molecule has 182 valence electrons. The molecule has 2 aliphatic heterocycles. The van der Waals surface area contributed by atoms with Crippen molar-refractivity contribution in [3.05, 3.63) is 47.3 Å². The fourth-order valence-corrected chi connectivity index (χ4v) is 4.88. The summed E-state index contributed by atoms with van der Waals surface area (Å²) in [6.45, 7) is 4.01. The van der Waals surface area contributed by atoms with Crippen LogP contribution < -0.4 is 10.2 Å². The number of likely N-dealkylation sites (tertiary alicyclic amines) is 1. The van der Waals surface area contributed by atoms with Crippen molar-refractivity contribution in [1.82, 2.24) is 9.88 Å². The highest BCUT2D eigenvalue weighted by atomic mass is 19.4. The third kappa shape index (κ3) is 5.92. The second kappa shape index (κ2) is 10.1. The molecular formula is C25H30F3N5O. The van der Waals surface area contributed by atoms with Gasteiger partial charge in [-0.05, 0) is 74.4 Å². The predicted octanol–water partition coefficient (Wildman–Crippen LogP) is 5.12. The van der Waals surface area contributed by atoms with E-state index >= 15 is 0 Å². The monoisotopic (exact) mass is 473 g/mol. The molecule has 1 aromatic heterocycles. The molecule has 2 N–H and O–H groups in total. The van der Waals surface area contributed by atoms with E-state index in [1.54, 1.807) is 0 Å². The van der Waals surface area contributed by atoms with Crippen LogP contribution in [0.4, 0.5) is 24.5 Å². The quantitative estimate of drug-likeness (QED) is 0.632. The Morgan fingerprint density at radius 1 is 1.15 bits per heavy atom. The fourth-order valence-electron chi connectivity index (χ4n) is 4.88. The van der Waals surface area contributed by atoms with Crippen LogP contribution in [0.2, 0.25) is 0 Å². The number of halogens is 3. The number of piperidine rings is 2. The Labute approximate surface area is 197 Å². The van der Waals surface area contributed by atoms with Crippen LogP contribution in [0, 0.1) is 17.2 Å². The Morgan fingerprint density at radius 2 is 1.85 bits per heavy atom. The number of anilines is 2. The summed E-state index contributed by atoms with van der Waals surface area (Å²) in [5, 5.41) is 12.0. The number of H-pyrrole nitrogens is 1. The summed E-state index contributed by atoms with van der Waals surface area (Å²) in [7, 11) is 0. The van der Waals surface area contributed by atoms with Crippen LogP contribution in [0.15, 0.2) is 30.5 Å². The molecule has 1 amide bonds. The highest BCUT2D eigenvalue weighted by molar-refractivity contribution is 6.05. The number of carbonyl (C=O) groups is 1. The van der Waals surface area contributed by atoms with Gasteiger partial charge in [0.15, 0.2) is 0 Å². The number of carbonyl (C=O) groups excluding carboxylic acids is 1. The first-order valence-corrected chi connectivity index (χ1v) is 11.8. The fraction of sp³-hybridized carbons (Fsp3) is 0.520. The van der Waals surface area contributed by atoms with Crippen LogP contribution in [0.3, 0.4) is 0 Å². The van der Waals surface area contributed by atoms with Crippen molar-refractivity contribution in [3.63, 3.8) is 0 Å². The van der Waals surface area contributed by atoms with Crippen LogP contribution in [-0.2, 0) is 0 Å². The number of hydrogen-bond acceptors (Lipinski definition) is 4. The Hall–Kier alpha value is -2.99. The average Bonchev–Trinajstić information content (AvgIpc) is 3.29. The first kappa shape index (κ1) is 24.1. The SMILES string of the molecule is CC1CCN(c2cc(C3CCN(CC(F)(F)F)CC3)ccc2NC(=O)c2cc(C#N)c[nH]2)CC1. The highest BCUT2D eigenvalue weighted by Gasteiger charge is 2.33. The Kier molecular flexibility index (Phi) is 7.17. The molecule has 1 aromatic carbocycles. The van der Waals surface area contributed by atoms with Gasteiger partial charge in [-0.25, -0.2) is 0 Å². The van der Waals surface area contributed by atoms with Crippen molar-refractivity contribution in [2.75, 3.05) is 42.9 Å². The maximum absolute atomic E-state index is 12.8. The van der Waals surface area contributed by atoms with Crippen molar-refractivity contribution in [3.8, 4) is 6.07 Å². The number of hydrogen-bond donors (Lipinski definition) is 2. The van der Waals surface area contributed by atoms with Gasteiger partial charge in [0.25, 0.3) is 5.91 Å². The van der Waals surface area contributed by atoms with E-state index in [0.717, 1.165) is 37.2 Å². The summed E-state index contributed by atoms with van der Waals surface area (Å²) in [5.41, 5.74) is 3.46. The zero-order valence-corrected chi connectivity index (χ0v) is 19.3. The molecule has 2 aliphatic rings. The molecule has 0 saturated carbocycles. The lowest BCUT2D eigenvalue weighted by Gasteiger charge is -2.35. The van der Waals surface area contributed by atoms with Crippen LogP contribution in [0.25, 0.3) is 0 Å². The van der Waals surface area contributed by atoms with Gasteiger partial charge in [-0.3, -0.25) is 9.69 Å². The van der Waals surface area contributed by atoms with Crippen LogP contribution >= 0.6 is 0 Å². The standard InChI is InChI=1S/C25H30F3N5O/c1-17-4-10-33(11-5-17)23-13-20(19-6-8-32(9-7-19)16-25(26,27)28)2-3-21(23)31-24(34)22-12-18(14-29)15-30-22/h2-3,12-13,15,17,19,30H,4-11,16H2,1H3,(H,31,34). The zero-order valence-electron chi connectivity index (χ0n) is 19.3. The maximum Gasteiger partial charge on any atom is 0.401 e. The lowest BCUT2D eigenvalue weighted by atomic mass is 9.88. The van der Waals surface area contributed by atoms with Crippen molar-refractivity contribution >= 4 is 17.3 Å². The third-order valence-corrected chi connectivity index (χ3v) is 6.91. The van der Waals surface area contributed by atoms with Gasteiger partial charge in [-0.15, -0.1) is 0 Å². The summed E-state index contributed by atoms with van der Waals surface area (Å²) in [4.78, 5) is 19.4. The molecule has 2 saturated heterocycles. The molecule has 0 aliphatic carbocycles. The molecule has 9 heteroatoms. The van der Waals surface area contributed by atoms with Crippen molar-refractivity contribution in [1.29, 1.82) is 5.26 Å². The molecule has 6 nitrogen and oxygen atoms in total. The van der Waals surface area contributed by atoms with Crippen molar-refractivity contribution in [2.24, 2.45) is 5.92 Å². The largest absolute Gasteiger partial charge is 0.401 e. The van der Waals surface area contributed by atoms with E-state index in [1.807, 2.05) is 18.2 Å². The topological polar surface area (TPSA) is 75.2 Å². The van der Waals surface area contributed by atoms with Crippen molar-refractivity contribution < 1.29 is 18.0 Å². The van der Waals surface area contributed by atoms with Gasteiger partial charge in [0.2, 0.25) is 0 Å². The number of amides is 1. The number of nitriles is 1. The number of aromatic amines is 1. The van der Waals surface area contributed by atoms with Gasteiger partial charge >= 0.3 is 6.18 Å². The first-order chi connectivity index (χ1) is 16.2. The summed E-state index contributed by atoms with van der Waals surface area (Å²) < 4.78 is 38.2. The van der Waals surface area contributed by atoms with Gasteiger partial charge in [-0.1, -0.05) is 13.0 Å². The van der Waals surface area contributed by atoms with Gasteiger partial charge in [0.05, 0.1) is 23.5 Å². The molecule has 0 spiro atoms. The number of alkyl halides is 3. The second-order valence-electron chi connectivity index (χ2n) is 9.48. The van der Waals surface area contributed by atoms with E-state index in [2.05, 4.69) is 28.2 Å². The van der Waals surface area contributed by atoms with E-state index in [0.29, 0.717) is 48.8 Å². The van der Waals surface area contributed by atoms with Crippen LogP contribution in [0.5, 0.6) is 0 Å². The Bertz CT molecular complexity index is 1040. The Balaban J connectivity index is 1.53. The molecule has 34 heavy (non-hydrogen) atoms. The van der Waals surface area contributed by atoms with Gasteiger partial charge in [0.1, 0.15) is 11.8 Å². The number of nitrogens with one attached hydrogen (secondary N) is 2. The first-order valence-electron chi connectivity index (χ1n) is 11.8. The number of nitrogens with zero attached hydrogens (tertiary/aromatic N) is 3. The van der Waals surface area contributed by atoms with E-state index in [-0.39, 0.29) is 11.8 Å². The highest BCUT2D eigenvalue weighted by Crippen LogP contribution is 2.36. The minimum atomic E-state index is -4.17. The molecule has 0 atom stereocenters. The molecular weight excluding hydrogens is 443 g/mol. The molecule has 2 fully saturated rings. The van der Waals surface area contributed by atoms with E-state index in [4.69, 9.17) is 5.26 Å². The smallest absolute Gasteiger partial charge is 0.370 e. The molecule has 3 heterocycles. The lowest BCUT2D eigenvalue weighted by Crippen LogP contribution is -2.39. The number of aromatic nitrogens is 1. The molecule has 0 radical (unpaired) electrons. The summed E-state index contributed by atoms with van der Waals surface area (Å²) in [5.74, 6) is 0.526. The van der Waals surface area contributed by atoms with Gasteiger partial charge in [0, 0.05) is 19.3 Å². The molecule has 4 rings (SSSR count). The van der Waals surface area contributed by atoms with Crippen molar-refractivity contribution in [2.45, 2.75) is 44.7 Å². The van der Waals surface area contributed by atoms with E-state index in [9.17, 15) is 18.0 Å². The average molecular weight is 474 g/mol. The maximum atomic E-state index is 12.8. The van der Waals surface area contributed by atoms with Gasteiger partial charge in [-0.2, -0.15) is 18.4 Å². The second-order valence-corrected chi connectivity index (χ2v) is 9.48. The summed E-state index contributed by atoms with van der Waals surface area (Å²) >= 11 is 0. The molecule has 0 unspecified atom stereocenters. The molecule has 0 bridgehead atoms.